The molecule has 0 aliphatic carbocycles. The first-order valence-electron chi connectivity index (χ1n) is 9.41. The summed E-state index contributed by atoms with van der Waals surface area (Å²) in [7, 11) is 0. The molecule has 1 aliphatic heterocycles. The zero-order chi connectivity index (χ0) is 19.1. The maximum absolute atomic E-state index is 5.41. The zero-order valence-corrected chi connectivity index (χ0v) is 17.6. The molecule has 6 heteroatoms. The number of morpholine rings is 1. The number of quaternary nitrogens is 1. The van der Waals surface area contributed by atoms with E-state index in [1.54, 1.807) is 16.7 Å². The minimum absolute atomic E-state index is 0.678. The molecular formula is C21H28N3OS2+. The molecule has 0 saturated carbocycles. The van der Waals surface area contributed by atoms with Gasteiger partial charge in [0.1, 0.15) is 13.1 Å². The molecule has 0 spiro atoms. The first-order chi connectivity index (χ1) is 13.1. The summed E-state index contributed by atoms with van der Waals surface area (Å²) < 4.78 is 5.38. The van der Waals surface area contributed by atoms with Crippen molar-refractivity contribution >= 4 is 34.8 Å². The summed E-state index contributed by atoms with van der Waals surface area (Å²) in [5, 5.41) is 7.24. The van der Waals surface area contributed by atoms with Gasteiger partial charge in [0.2, 0.25) is 0 Å². The first kappa shape index (κ1) is 20.1. The van der Waals surface area contributed by atoms with Crippen molar-refractivity contribution < 1.29 is 9.64 Å². The number of nitrogens with one attached hydrogen (secondary N) is 3. The molecule has 2 aromatic carbocycles. The van der Waals surface area contributed by atoms with E-state index in [0.717, 1.165) is 45.1 Å². The van der Waals surface area contributed by atoms with E-state index in [9.17, 15) is 0 Å². The highest BCUT2D eigenvalue weighted by atomic mass is 32.2. The molecule has 1 saturated heterocycles. The molecule has 144 valence electrons. The van der Waals surface area contributed by atoms with Crippen LogP contribution in [0.4, 0.5) is 5.69 Å². The molecule has 27 heavy (non-hydrogen) atoms. The van der Waals surface area contributed by atoms with Crippen LogP contribution in [0.1, 0.15) is 11.1 Å². The van der Waals surface area contributed by atoms with Crippen molar-refractivity contribution in [2.45, 2.75) is 23.6 Å². The lowest BCUT2D eigenvalue weighted by atomic mass is 10.2. The molecule has 1 heterocycles. The van der Waals surface area contributed by atoms with E-state index in [1.807, 2.05) is 0 Å². The molecule has 0 aromatic heterocycles. The third kappa shape index (κ3) is 6.50. The number of aryl methyl sites for hydroxylation is 2. The average molecular weight is 403 g/mol. The number of hydrogen-bond donors (Lipinski definition) is 3. The summed E-state index contributed by atoms with van der Waals surface area (Å²) >= 11 is 7.20. The number of rotatable bonds is 6. The van der Waals surface area contributed by atoms with Gasteiger partial charge in [0.25, 0.3) is 0 Å². The van der Waals surface area contributed by atoms with Crippen LogP contribution in [0.15, 0.2) is 52.3 Å². The van der Waals surface area contributed by atoms with E-state index in [4.69, 9.17) is 17.0 Å². The van der Waals surface area contributed by atoms with E-state index in [1.165, 1.54) is 20.9 Å². The molecule has 1 aliphatic rings. The van der Waals surface area contributed by atoms with Crippen molar-refractivity contribution in [3.63, 3.8) is 0 Å². The topological polar surface area (TPSA) is 37.7 Å². The second-order valence-corrected chi connectivity index (χ2v) is 8.41. The summed E-state index contributed by atoms with van der Waals surface area (Å²) in [6.07, 6.45) is 0. The van der Waals surface area contributed by atoms with Crippen molar-refractivity contribution in [3.05, 3.63) is 53.6 Å². The number of thiocarbonyl (C=S) groups is 1. The van der Waals surface area contributed by atoms with Crippen molar-refractivity contribution in [3.8, 4) is 0 Å². The van der Waals surface area contributed by atoms with Gasteiger partial charge < -0.3 is 20.3 Å². The molecule has 3 N–H and O–H groups in total. The van der Waals surface area contributed by atoms with Gasteiger partial charge in [-0.25, -0.2) is 0 Å². The van der Waals surface area contributed by atoms with E-state index >= 15 is 0 Å². The maximum atomic E-state index is 5.41. The van der Waals surface area contributed by atoms with E-state index < -0.39 is 0 Å². The second kappa shape index (κ2) is 10.1. The highest BCUT2D eigenvalue weighted by Crippen LogP contribution is 2.31. The summed E-state index contributed by atoms with van der Waals surface area (Å²) in [4.78, 5) is 4.09. The van der Waals surface area contributed by atoms with Gasteiger partial charge in [-0.15, -0.1) is 0 Å². The lowest BCUT2D eigenvalue weighted by Crippen LogP contribution is -3.14. The monoisotopic (exact) mass is 402 g/mol. The molecule has 0 bridgehead atoms. The molecule has 0 amide bonds. The fraction of sp³-hybridized carbons (Fsp3) is 0.381. The van der Waals surface area contributed by atoms with Crippen LogP contribution in [-0.2, 0) is 4.74 Å². The number of anilines is 1. The van der Waals surface area contributed by atoms with Gasteiger partial charge in [-0.05, 0) is 62.0 Å². The zero-order valence-electron chi connectivity index (χ0n) is 16.0. The van der Waals surface area contributed by atoms with Crippen LogP contribution in [0.2, 0.25) is 0 Å². The summed E-state index contributed by atoms with van der Waals surface area (Å²) in [6.45, 7) is 10.1. The Morgan fingerprint density at radius 3 is 2.56 bits per heavy atom. The Hall–Kier alpha value is -1.60. The van der Waals surface area contributed by atoms with Gasteiger partial charge in [-0.1, -0.05) is 29.5 Å². The average Bonchev–Trinajstić information content (AvgIpc) is 2.66. The summed E-state index contributed by atoms with van der Waals surface area (Å²) in [5.74, 6) is 0. The van der Waals surface area contributed by atoms with Gasteiger partial charge in [0.05, 0.1) is 26.3 Å². The van der Waals surface area contributed by atoms with Crippen LogP contribution < -0.4 is 15.5 Å². The molecule has 1 fully saturated rings. The van der Waals surface area contributed by atoms with Crippen LogP contribution in [0, 0.1) is 13.8 Å². The Morgan fingerprint density at radius 1 is 1.11 bits per heavy atom. The van der Waals surface area contributed by atoms with Gasteiger partial charge in [0.15, 0.2) is 5.11 Å². The van der Waals surface area contributed by atoms with E-state index in [-0.39, 0.29) is 0 Å². The number of ether oxygens (including phenoxy) is 1. The molecule has 4 nitrogen and oxygen atoms in total. The van der Waals surface area contributed by atoms with Gasteiger partial charge >= 0.3 is 0 Å². The third-order valence-electron chi connectivity index (χ3n) is 4.63. The van der Waals surface area contributed by atoms with Crippen LogP contribution in [0.5, 0.6) is 0 Å². The SMILES string of the molecule is Cc1ccc(Sc2ccc(NC(=S)NCC[NH+]3CCOCC3)cc2)c(C)c1. The molecule has 0 radical (unpaired) electrons. The minimum Gasteiger partial charge on any atom is -0.370 e. The lowest BCUT2D eigenvalue weighted by molar-refractivity contribution is -0.906. The van der Waals surface area contributed by atoms with E-state index in [2.05, 4.69) is 66.9 Å². The standard InChI is InChI=1S/C21H27N3OS2/c1-16-3-8-20(17(2)15-16)27-19-6-4-18(5-7-19)23-21(26)22-9-10-24-11-13-25-14-12-24/h3-8,15H,9-14H2,1-2H3,(H2,22,23,26)/p+1. The van der Waals surface area contributed by atoms with Crippen molar-refractivity contribution in [2.75, 3.05) is 44.7 Å². The Bertz CT molecular complexity index is 759. The predicted molar refractivity (Wildman–Crippen MR) is 117 cm³/mol. The van der Waals surface area contributed by atoms with E-state index in [0.29, 0.717) is 5.11 Å². The van der Waals surface area contributed by atoms with Crippen LogP contribution >= 0.6 is 24.0 Å². The van der Waals surface area contributed by atoms with Gasteiger partial charge in [-0.3, -0.25) is 0 Å². The molecule has 0 unspecified atom stereocenters. The van der Waals surface area contributed by atoms with Crippen LogP contribution in [0.25, 0.3) is 0 Å². The van der Waals surface area contributed by atoms with Crippen LogP contribution in [0.3, 0.4) is 0 Å². The van der Waals surface area contributed by atoms with Crippen molar-refractivity contribution in [1.29, 1.82) is 0 Å². The predicted octanol–water partition coefficient (Wildman–Crippen LogP) is 2.66. The highest BCUT2D eigenvalue weighted by molar-refractivity contribution is 7.99. The maximum Gasteiger partial charge on any atom is 0.170 e. The lowest BCUT2D eigenvalue weighted by Gasteiger charge is -2.24. The number of benzene rings is 2. The largest absolute Gasteiger partial charge is 0.370 e. The minimum atomic E-state index is 0.678. The summed E-state index contributed by atoms with van der Waals surface area (Å²) in [6, 6.07) is 15.0. The fourth-order valence-electron chi connectivity index (χ4n) is 3.09. The molecular weight excluding hydrogens is 374 g/mol. The third-order valence-corrected chi connectivity index (χ3v) is 6.07. The quantitative estimate of drug-likeness (QED) is 0.648. The highest BCUT2D eigenvalue weighted by Gasteiger charge is 2.12. The number of hydrogen-bond acceptors (Lipinski definition) is 3. The normalized spacial score (nSPS) is 14.7. The fourth-order valence-corrected chi connectivity index (χ4v) is 4.19. The van der Waals surface area contributed by atoms with Crippen LogP contribution in [-0.4, -0.2) is 44.5 Å². The molecule has 0 atom stereocenters. The summed E-state index contributed by atoms with van der Waals surface area (Å²) in [5.41, 5.74) is 3.62. The molecule has 2 aromatic rings. The molecule has 3 rings (SSSR count). The smallest absolute Gasteiger partial charge is 0.170 e. The Balaban J connectivity index is 1.44. The van der Waals surface area contributed by atoms with Gasteiger partial charge in [-0.2, -0.15) is 0 Å². The first-order valence-corrected chi connectivity index (χ1v) is 10.6. The Labute approximate surface area is 171 Å². The Kier molecular flexibility index (Phi) is 7.52. The second-order valence-electron chi connectivity index (χ2n) is 6.89. The Morgan fingerprint density at radius 2 is 1.85 bits per heavy atom. The van der Waals surface area contributed by atoms with Gasteiger partial charge in [0, 0.05) is 15.5 Å². The van der Waals surface area contributed by atoms with Crippen molar-refractivity contribution in [1.82, 2.24) is 5.32 Å². The van der Waals surface area contributed by atoms with Crippen molar-refractivity contribution in [2.24, 2.45) is 0 Å².